The minimum atomic E-state index is -5.20. The van der Waals surface area contributed by atoms with Crippen LogP contribution in [0.2, 0.25) is 0 Å². The Balaban J connectivity index is 2.56. The first-order chi connectivity index (χ1) is 6.72. The number of hydrogen-bond acceptors (Lipinski definition) is 2. The van der Waals surface area contributed by atoms with Gasteiger partial charge in [-0.2, -0.15) is 13.2 Å². The Morgan fingerprint density at radius 2 is 1.60 bits per heavy atom. The molecule has 0 spiro atoms. The van der Waals surface area contributed by atoms with E-state index in [1.807, 2.05) is 6.92 Å². The molecule has 1 aliphatic carbocycles. The van der Waals surface area contributed by atoms with E-state index in [1.54, 1.807) is 4.72 Å². The lowest BCUT2D eigenvalue weighted by Gasteiger charge is -2.26. The van der Waals surface area contributed by atoms with Crippen molar-refractivity contribution in [2.45, 2.75) is 44.2 Å². The first kappa shape index (κ1) is 12.8. The van der Waals surface area contributed by atoms with Gasteiger partial charge in [-0.3, -0.25) is 0 Å². The highest BCUT2D eigenvalue weighted by Crippen LogP contribution is 2.27. The van der Waals surface area contributed by atoms with E-state index in [9.17, 15) is 21.6 Å². The Bertz CT molecular complexity index is 304. The smallest absolute Gasteiger partial charge is 0.204 e. The summed E-state index contributed by atoms with van der Waals surface area (Å²) >= 11 is 0. The third-order valence-electron chi connectivity index (χ3n) is 2.64. The fourth-order valence-electron chi connectivity index (χ4n) is 1.66. The number of alkyl halides is 3. The molecule has 90 valence electrons. The van der Waals surface area contributed by atoms with Crippen molar-refractivity contribution >= 4 is 10.0 Å². The Kier molecular flexibility index (Phi) is 3.65. The van der Waals surface area contributed by atoms with Crippen molar-refractivity contribution in [3.63, 3.8) is 0 Å². The van der Waals surface area contributed by atoms with Gasteiger partial charge >= 0.3 is 15.5 Å². The lowest BCUT2D eigenvalue weighted by molar-refractivity contribution is -0.0452. The average molecular weight is 245 g/mol. The molecule has 0 aromatic rings. The van der Waals surface area contributed by atoms with Crippen LogP contribution in [0.3, 0.4) is 0 Å². The highest BCUT2D eigenvalue weighted by Gasteiger charge is 2.46. The monoisotopic (exact) mass is 245 g/mol. The molecule has 7 heteroatoms. The molecule has 1 saturated carbocycles. The summed E-state index contributed by atoms with van der Waals surface area (Å²) < 4.78 is 59.3. The molecule has 1 rings (SSSR count). The summed E-state index contributed by atoms with van der Waals surface area (Å²) in [6, 6.07) is -0.562. The van der Waals surface area contributed by atoms with E-state index < -0.39 is 21.6 Å². The second kappa shape index (κ2) is 4.29. The molecule has 1 N–H and O–H groups in total. The summed E-state index contributed by atoms with van der Waals surface area (Å²) in [5, 5.41) is 0. The van der Waals surface area contributed by atoms with E-state index in [1.165, 1.54) is 0 Å². The molecule has 0 atom stereocenters. The third-order valence-corrected chi connectivity index (χ3v) is 3.90. The molecule has 0 saturated heterocycles. The second-order valence-electron chi connectivity index (χ2n) is 4.02. The van der Waals surface area contributed by atoms with Crippen LogP contribution in [0.15, 0.2) is 0 Å². The zero-order valence-electron chi connectivity index (χ0n) is 8.34. The van der Waals surface area contributed by atoms with Gasteiger partial charge in [0.2, 0.25) is 0 Å². The fourth-order valence-corrected chi connectivity index (χ4v) is 2.47. The first-order valence-corrected chi connectivity index (χ1v) is 6.29. The summed E-state index contributed by atoms with van der Waals surface area (Å²) in [7, 11) is -5.16. The van der Waals surface area contributed by atoms with E-state index in [4.69, 9.17) is 0 Å². The van der Waals surface area contributed by atoms with Gasteiger partial charge in [-0.15, -0.1) is 0 Å². The highest BCUT2D eigenvalue weighted by molar-refractivity contribution is 7.90. The zero-order valence-corrected chi connectivity index (χ0v) is 9.16. The van der Waals surface area contributed by atoms with E-state index in [0.29, 0.717) is 18.8 Å². The summed E-state index contributed by atoms with van der Waals surface area (Å²) in [5.41, 5.74) is -5.20. The van der Waals surface area contributed by atoms with Crippen molar-refractivity contribution in [2.24, 2.45) is 5.92 Å². The Morgan fingerprint density at radius 1 is 1.13 bits per heavy atom. The summed E-state index contributed by atoms with van der Waals surface area (Å²) in [6.07, 6.45) is 2.50. The quantitative estimate of drug-likeness (QED) is 0.808. The van der Waals surface area contributed by atoms with Gasteiger partial charge in [0.1, 0.15) is 0 Å². The van der Waals surface area contributed by atoms with Crippen LogP contribution in [-0.2, 0) is 10.0 Å². The van der Waals surface area contributed by atoms with Crippen molar-refractivity contribution in [2.75, 3.05) is 0 Å². The lowest BCUT2D eigenvalue weighted by atomic mass is 9.88. The van der Waals surface area contributed by atoms with Crippen LogP contribution in [-0.4, -0.2) is 20.0 Å². The van der Waals surface area contributed by atoms with Crippen LogP contribution < -0.4 is 4.72 Å². The van der Waals surface area contributed by atoms with E-state index >= 15 is 0 Å². The molecule has 0 radical (unpaired) electrons. The lowest BCUT2D eigenvalue weighted by Crippen LogP contribution is -2.43. The van der Waals surface area contributed by atoms with Crippen molar-refractivity contribution in [1.82, 2.24) is 4.72 Å². The molecule has 3 nitrogen and oxygen atoms in total. The van der Waals surface area contributed by atoms with Gasteiger partial charge in [-0.25, -0.2) is 13.1 Å². The third kappa shape index (κ3) is 3.34. The summed E-state index contributed by atoms with van der Waals surface area (Å²) in [4.78, 5) is 0. The van der Waals surface area contributed by atoms with Crippen molar-refractivity contribution in [1.29, 1.82) is 0 Å². The molecule has 0 bridgehead atoms. The van der Waals surface area contributed by atoms with Crippen molar-refractivity contribution in [3.8, 4) is 0 Å². The summed E-state index contributed by atoms with van der Waals surface area (Å²) in [5.74, 6) is 0.469. The molecule has 1 aliphatic rings. The van der Waals surface area contributed by atoms with Crippen LogP contribution in [0.4, 0.5) is 13.2 Å². The topological polar surface area (TPSA) is 46.2 Å². The molecule has 0 unspecified atom stereocenters. The Hall–Kier alpha value is -0.300. The molecule has 0 heterocycles. The minimum absolute atomic E-state index is 0.469. The molecule has 15 heavy (non-hydrogen) atoms. The Morgan fingerprint density at radius 3 is 2.00 bits per heavy atom. The number of halogens is 3. The van der Waals surface area contributed by atoms with Gasteiger partial charge in [0.25, 0.3) is 0 Å². The minimum Gasteiger partial charge on any atom is -0.204 e. The van der Waals surface area contributed by atoms with Gasteiger partial charge < -0.3 is 0 Å². The average Bonchev–Trinajstić information content (AvgIpc) is 2.06. The predicted molar refractivity (Wildman–Crippen MR) is 49.5 cm³/mol. The fraction of sp³-hybridized carbons (Fsp3) is 1.00. The first-order valence-electron chi connectivity index (χ1n) is 4.81. The van der Waals surface area contributed by atoms with Gasteiger partial charge in [0, 0.05) is 6.04 Å². The van der Waals surface area contributed by atoms with Gasteiger partial charge in [0.15, 0.2) is 0 Å². The molecule has 1 fully saturated rings. The second-order valence-corrected chi connectivity index (χ2v) is 5.73. The van der Waals surface area contributed by atoms with E-state index in [2.05, 4.69) is 0 Å². The maximum Gasteiger partial charge on any atom is 0.511 e. The van der Waals surface area contributed by atoms with Gasteiger partial charge in [-0.05, 0) is 31.6 Å². The van der Waals surface area contributed by atoms with E-state index in [0.717, 1.165) is 12.8 Å². The van der Waals surface area contributed by atoms with Crippen molar-refractivity contribution in [3.05, 3.63) is 0 Å². The zero-order chi connectivity index (χ0) is 11.7. The van der Waals surface area contributed by atoms with Crippen LogP contribution in [0.1, 0.15) is 32.6 Å². The maximum absolute atomic E-state index is 12.0. The van der Waals surface area contributed by atoms with Crippen LogP contribution in [0.25, 0.3) is 0 Å². The number of hydrogen-bond donors (Lipinski definition) is 1. The van der Waals surface area contributed by atoms with Crippen LogP contribution in [0.5, 0.6) is 0 Å². The van der Waals surface area contributed by atoms with Crippen molar-refractivity contribution < 1.29 is 21.6 Å². The molecular weight excluding hydrogens is 231 g/mol. The van der Waals surface area contributed by atoms with Gasteiger partial charge in [-0.1, -0.05) is 6.92 Å². The molecular formula is C8H14F3NO2S. The molecule has 0 aromatic heterocycles. The van der Waals surface area contributed by atoms with Gasteiger partial charge in [0.05, 0.1) is 0 Å². The van der Waals surface area contributed by atoms with Crippen LogP contribution in [0, 0.1) is 5.92 Å². The normalized spacial score (nSPS) is 29.1. The van der Waals surface area contributed by atoms with E-state index in [-0.39, 0.29) is 0 Å². The number of rotatable bonds is 2. The predicted octanol–water partition coefficient (Wildman–Crippen LogP) is 2.00. The SMILES string of the molecule is CC1CCC(NS(=O)(=O)C(F)(F)F)CC1. The standard InChI is InChI=1S/C8H14F3NO2S/c1-6-2-4-7(5-3-6)12-15(13,14)8(9,10)11/h6-7,12H,2-5H2,1H3. The highest BCUT2D eigenvalue weighted by atomic mass is 32.2. The van der Waals surface area contributed by atoms with Crippen LogP contribution >= 0.6 is 0 Å². The molecule has 0 aliphatic heterocycles. The molecule has 0 amide bonds. The largest absolute Gasteiger partial charge is 0.511 e. The maximum atomic E-state index is 12.0. The summed E-state index contributed by atoms with van der Waals surface area (Å²) in [6.45, 7) is 2.01. The number of nitrogens with one attached hydrogen (secondary N) is 1. The number of sulfonamides is 1. The Labute approximate surface area is 87.1 Å². The molecule has 0 aromatic carbocycles.